The largest absolute Gasteiger partial charge is 0.493 e. The number of halogens is 1. The van der Waals surface area contributed by atoms with Gasteiger partial charge in [0, 0.05) is 12.1 Å². The van der Waals surface area contributed by atoms with Crippen LogP contribution in [0.4, 0.5) is 4.39 Å². The van der Waals surface area contributed by atoms with Gasteiger partial charge in [0.15, 0.2) is 23.1 Å². The third kappa shape index (κ3) is 2.85. The standard InChI is InChI=1S/C15H16FNO2/c1-10-6-7-13(14(8-10)18-2)19-15-11(9-17)4-3-5-12(15)16/h3-8H,9,17H2,1-2H3. The van der Waals surface area contributed by atoms with Gasteiger partial charge in [-0.2, -0.15) is 0 Å². The molecule has 100 valence electrons. The predicted molar refractivity (Wildman–Crippen MR) is 72.1 cm³/mol. The van der Waals surface area contributed by atoms with Gasteiger partial charge in [-0.1, -0.05) is 18.2 Å². The second-order valence-corrected chi connectivity index (χ2v) is 4.19. The van der Waals surface area contributed by atoms with Crippen LogP contribution in [0.2, 0.25) is 0 Å². The molecule has 2 rings (SSSR count). The molecule has 0 atom stereocenters. The van der Waals surface area contributed by atoms with Crippen molar-refractivity contribution < 1.29 is 13.9 Å². The van der Waals surface area contributed by atoms with Gasteiger partial charge in [0.25, 0.3) is 0 Å². The van der Waals surface area contributed by atoms with Crippen molar-refractivity contribution >= 4 is 0 Å². The Balaban J connectivity index is 2.41. The van der Waals surface area contributed by atoms with E-state index in [-0.39, 0.29) is 12.3 Å². The van der Waals surface area contributed by atoms with Crippen LogP contribution in [0, 0.1) is 12.7 Å². The van der Waals surface area contributed by atoms with E-state index >= 15 is 0 Å². The monoisotopic (exact) mass is 261 g/mol. The van der Waals surface area contributed by atoms with E-state index in [1.54, 1.807) is 25.3 Å². The highest BCUT2D eigenvalue weighted by atomic mass is 19.1. The number of rotatable bonds is 4. The highest BCUT2D eigenvalue weighted by Crippen LogP contribution is 2.35. The zero-order valence-electron chi connectivity index (χ0n) is 10.9. The van der Waals surface area contributed by atoms with Gasteiger partial charge in [-0.25, -0.2) is 4.39 Å². The van der Waals surface area contributed by atoms with Crippen molar-refractivity contribution in [1.82, 2.24) is 0 Å². The molecule has 0 fully saturated rings. The minimum absolute atomic E-state index is 0.146. The molecule has 0 aliphatic rings. The van der Waals surface area contributed by atoms with Crippen LogP contribution in [0.5, 0.6) is 17.2 Å². The Kier molecular flexibility index (Phi) is 4.02. The molecular weight excluding hydrogens is 245 g/mol. The number of para-hydroxylation sites is 1. The van der Waals surface area contributed by atoms with Gasteiger partial charge in [-0.15, -0.1) is 0 Å². The van der Waals surface area contributed by atoms with Crippen LogP contribution >= 0.6 is 0 Å². The molecule has 0 amide bonds. The van der Waals surface area contributed by atoms with Crippen LogP contribution in [0.25, 0.3) is 0 Å². The topological polar surface area (TPSA) is 44.5 Å². The maximum absolute atomic E-state index is 13.8. The van der Waals surface area contributed by atoms with E-state index in [1.807, 2.05) is 19.1 Å². The van der Waals surface area contributed by atoms with Crippen molar-refractivity contribution in [3.63, 3.8) is 0 Å². The van der Waals surface area contributed by atoms with Crippen LogP contribution in [0.3, 0.4) is 0 Å². The molecule has 0 aromatic heterocycles. The van der Waals surface area contributed by atoms with Gasteiger partial charge in [-0.05, 0) is 30.7 Å². The zero-order valence-corrected chi connectivity index (χ0v) is 10.9. The predicted octanol–water partition coefficient (Wildman–Crippen LogP) is 3.39. The fourth-order valence-electron chi connectivity index (χ4n) is 1.80. The zero-order chi connectivity index (χ0) is 13.8. The summed E-state index contributed by atoms with van der Waals surface area (Å²) in [6, 6.07) is 10.1. The molecule has 0 bridgehead atoms. The Bertz CT molecular complexity index is 584. The highest BCUT2D eigenvalue weighted by Gasteiger charge is 2.12. The lowest BCUT2D eigenvalue weighted by Gasteiger charge is -2.14. The molecule has 0 saturated carbocycles. The molecule has 0 spiro atoms. The van der Waals surface area contributed by atoms with Crippen molar-refractivity contribution in [1.29, 1.82) is 0 Å². The average molecular weight is 261 g/mol. The lowest BCUT2D eigenvalue weighted by Crippen LogP contribution is -2.02. The maximum atomic E-state index is 13.8. The third-order valence-corrected chi connectivity index (χ3v) is 2.80. The fourth-order valence-corrected chi connectivity index (χ4v) is 1.80. The van der Waals surface area contributed by atoms with Crippen LogP contribution in [0.1, 0.15) is 11.1 Å². The summed E-state index contributed by atoms with van der Waals surface area (Å²) in [5.74, 6) is 0.733. The molecule has 0 radical (unpaired) electrons. The SMILES string of the molecule is COc1cc(C)ccc1Oc1c(F)cccc1CN. The summed E-state index contributed by atoms with van der Waals surface area (Å²) in [6.07, 6.45) is 0. The first-order chi connectivity index (χ1) is 9.15. The lowest BCUT2D eigenvalue weighted by molar-refractivity contribution is 0.369. The number of benzene rings is 2. The molecule has 19 heavy (non-hydrogen) atoms. The second kappa shape index (κ2) is 5.71. The first kappa shape index (κ1) is 13.4. The summed E-state index contributed by atoms with van der Waals surface area (Å²) < 4.78 is 24.7. The van der Waals surface area contributed by atoms with E-state index in [9.17, 15) is 4.39 Å². The van der Waals surface area contributed by atoms with Crippen LogP contribution in [-0.2, 0) is 6.54 Å². The number of methoxy groups -OCH3 is 1. The number of aryl methyl sites for hydroxylation is 1. The van der Waals surface area contributed by atoms with Crippen molar-refractivity contribution in [2.24, 2.45) is 5.73 Å². The molecule has 0 unspecified atom stereocenters. The van der Waals surface area contributed by atoms with Crippen LogP contribution in [0.15, 0.2) is 36.4 Å². The Labute approximate surface area is 111 Å². The molecule has 0 aliphatic heterocycles. The van der Waals surface area contributed by atoms with Gasteiger partial charge in [0.1, 0.15) is 0 Å². The summed E-state index contributed by atoms with van der Waals surface area (Å²) >= 11 is 0. The molecule has 0 heterocycles. The second-order valence-electron chi connectivity index (χ2n) is 4.19. The average Bonchev–Trinajstić information content (AvgIpc) is 2.42. The molecule has 2 N–H and O–H groups in total. The molecule has 0 aliphatic carbocycles. The van der Waals surface area contributed by atoms with E-state index in [0.29, 0.717) is 17.1 Å². The van der Waals surface area contributed by atoms with E-state index < -0.39 is 5.82 Å². The summed E-state index contributed by atoms with van der Waals surface area (Å²) in [5, 5.41) is 0. The number of nitrogens with two attached hydrogens (primary N) is 1. The van der Waals surface area contributed by atoms with E-state index in [0.717, 1.165) is 5.56 Å². The smallest absolute Gasteiger partial charge is 0.169 e. The van der Waals surface area contributed by atoms with Crippen LogP contribution < -0.4 is 15.2 Å². The summed E-state index contributed by atoms with van der Waals surface area (Å²) in [6.45, 7) is 2.15. The van der Waals surface area contributed by atoms with E-state index in [1.165, 1.54) is 6.07 Å². The number of ether oxygens (including phenoxy) is 2. The van der Waals surface area contributed by atoms with Crippen molar-refractivity contribution in [3.05, 3.63) is 53.3 Å². The van der Waals surface area contributed by atoms with E-state index in [2.05, 4.69) is 0 Å². The number of hydrogen-bond donors (Lipinski definition) is 1. The first-order valence-electron chi connectivity index (χ1n) is 5.95. The molecule has 2 aromatic carbocycles. The Hall–Kier alpha value is -2.07. The minimum Gasteiger partial charge on any atom is -0.493 e. The van der Waals surface area contributed by atoms with Gasteiger partial charge >= 0.3 is 0 Å². The molecule has 4 heteroatoms. The number of hydrogen-bond acceptors (Lipinski definition) is 3. The fraction of sp³-hybridized carbons (Fsp3) is 0.200. The van der Waals surface area contributed by atoms with Gasteiger partial charge < -0.3 is 15.2 Å². The van der Waals surface area contributed by atoms with Crippen molar-refractivity contribution in [3.8, 4) is 17.2 Å². The minimum atomic E-state index is -0.439. The quantitative estimate of drug-likeness (QED) is 0.917. The van der Waals surface area contributed by atoms with Gasteiger partial charge in [-0.3, -0.25) is 0 Å². The third-order valence-electron chi connectivity index (χ3n) is 2.80. The van der Waals surface area contributed by atoms with Gasteiger partial charge in [0.2, 0.25) is 0 Å². The Morgan fingerprint density at radius 1 is 1.16 bits per heavy atom. The van der Waals surface area contributed by atoms with Crippen molar-refractivity contribution in [2.45, 2.75) is 13.5 Å². The highest BCUT2D eigenvalue weighted by molar-refractivity contribution is 5.47. The summed E-state index contributed by atoms with van der Waals surface area (Å²) in [7, 11) is 1.55. The Morgan fingerprint density at radius 3 is 2.63 bits per heavy atom. The summed E-state index contributed by atoms with van der Waals surface area (Å²) in [4.78, 5) is 0. The maximum Gasteiger partial charge on any atom is 0.169 e. The molecular formula is C15H16FNO2. The molecule has 0 saturated heterocycles. The normalized spacial score (nSPS) is 10.3. The lowest BCUT2D eigenvalue weighted by atomic mass is 10.2. The van der Waals surface area contributed by atoms with E-state index in [4.69, 9.17) is 15.2 Å². The van der Waals surface area contributed by atoms with Gasteiger partial charge in [0.05, 0.1) is 7.11 Å². The van der Waals surface area contributed by atoms with Crippen molar-refractivity contribution in [2.75, 3.05) is 7.11 Å². The Morgan fingerprint density at radius 2 is 1.95 bits per heavy atom. The van der Waals surface area contributed by atoms with Crippen LogP contribution in [-0.4, -0.2) is 7.11 Å². The first-order valence-corrected chi connectivity index (χ1v) is 5.95. The molecule has 2 aromatic rings. The summed E-state index contributed by atoms with van der Waals surface area (Å²) in [5.41, 5.74) is 7.24. The molecule has 3 nitrogen and oxygen atoms in total.